The predicted octanol–water partition coefficient (Wildman–Crippen LogP) is 2.70. The van der Waals surface area contributed by atoms with Gasteiger partial charge in [0.25, 0.3) is 5.91 Å². The molecule has 2 N–H and O–H groups in total. The lowest BCUT2D eigenvalue weighted by Crippen LogP contribution is -2.41. The second-order valence-electron chi connectivity index (χ2n) is 4.51. The summed E-state index contributed by atoms with van der Waals surface area (Å²) in [5, 5.41) is 5.58. The number of carbonyl (C=O) groups excluding carboxylic acids is 2. The van der Waals surface area contributed by atoms with E-state index < -0.39 is 11.9 Å². The van der Waals surface area contributed by atoms with Gasteiger partial charge in [-0.3, -0.25) is 9.59 Å². The lowest BCUT2D eigenvalue weighted by molar-refractivity contribution is -0.117. The maximum Gasteiger partial charge on any atom is 0.287 e. The molecule has 0 aliphatic rings. The van der Waals surface area contributed by atoms with Crippen molar-refractivity contribution in [3.63, 3.8) is 0 Å². The Labute approximate surface area is 132 Å². The Kier molecular flexibility index (Phi) is 5.06. The zero-order valence-corrected chi connectivity index (χ0v) is 12.8. The van der Waals surface area contributed by atoms with Crippen molar-refractivity contribution >= 4 is 29.1 Å². The van der Waals surface area contributed by atoms with Crippen LogP contribution in [0.1, 0.15) is 17.5 Å². The lowest BCUT2D eigenvalue weighted by Gasteiger charge is -2.14. The number of nitrogens with one attached hydrogen (secondary N) is 2. The fraction of sp³-hybridized carbons (Fsp3) is 0.200. The highest BCUT2D eigenvalue weighted by molar-refractivity contribution is 6.32. The van der Waals surface area contributed by atoms with Crippen LogP contribution in [0.4, 0.5) is 5.69 Å². The van der Waals surface area contributed by atoms with Crippen LogP contribution < -0.4 is 15.4 Å². The Hall–Kier alpha value is -2.47. The third-order valence-electron chi connectivity index (χ3n) is 2.91. The fourth-order valence-corrected chi connectivity index (χ4v) is 1.99. The van der Waals surface area contributed by atoms with Crippen molar-refractivity contribution in [2.24, 2.45) is 0 Å². The van der Waals surface area contributed by atoms with Crippen LogP contribution >= 0.6 is 11.6 Å². The van der Waals surface area contributed by atoms with Crippen molar-refractivity contribution in [3.8, 4) is 5.75 Å². The molecule has 1 heterocycles. The number of amides is 2. The van der Waals surface area contributed by atoms with Gasteiger partial charge in [-0.25, -0.2) is 0 Å². The van der Waals surface area contributed by atoms with E-state index >= 15 is 0 Å². The number of carbonyl (C=O) groups is 2. The smallest absolute Gasteiger partial charge is 0.287 e. The SMILES string of the molecule is COc1ccc(NC(=O)C(C)NC(=O)c2ccco2)cc1Cl. The molecule has 0 spiro atoms. The van der Waals surface area contributed by atoms with Gasteiger partial charge in [0.05, 0.1) is 18.4 Å². The van der Waals surface area contributed by atoms with Gasteiger partial charge >= 0.3 is 0 Å². The quantitative estimate of drug-likeness (QED) is 0.887. The van der Waals surface area contributed by atoms with E-state index in [0.29, 0.717) is 16.5 Å². The van der Waals surface area contributed by atoms with Crippen LogP contribution in [0.15, 0.2) is 41.0 Å². The van der Waals surface area contributed by atoms with Gasteiger partial charge in [0.1, 0.15) is 11.8 Å². The summed E-state index contributed by atoms with van der Waals surface area (Å²) >= 11 is 5.99. The molecule has 0 aliphatic carbocycles. The summed E-state index contributed by atoms with van der Waals surface area (Å²) in [6.07, 6.45) is 1.39. The first-order chi connectivity index (χ1) is 10.5. The van der Waals surface area contributed by atoms with Gasteiger partial charge in [0.15, 0.2) is 5.76 Å². The van der Waals surface area contributed by atoms with Crippen molar-refractivity contribution in [1.82, 2.24) is 5.32 Å². The van der Waals surface area contributed by atoms with Gasteiger partial charge in [0.2, 0.25) is 5.91 Å². The number of hydrogen-bond acceptors (Lipinski definition) is 4. The number of benzene rings is 1. The molecular formula is C15H15ClN2O4. The van der Waals surface area contributed by atoms with Crippen molar-refractivity contribution in [2.45, 2.75) is 13.0 Å². The van der Waals surface area contributed by atoms with E-state index in [1.54, 1.807) is 31.2 Å². The predicted molar refractivity (Wildman–Crippen MR) is 82.3 cm³/mol. The van der Waals surface area contributed by atoms with Crippen LogP contribution in [0.3, 0.4) is 0 Å². The largest absolute Gasteiger partial charge is 0.495 e. The summed E-state index contributed by atoms with van der Waals surface area (Å²) in [5.41, 5.74) is 0.509. The molecule has 2 amide bonds. The van der Waals surface area contributed by atoms with E-state index in [9.17, 15) is 9.59 Å². The summed E-state index contributed by atoms with van der Waals surface area (Å²) in [4.78, 5) is 23.8. The number of ether oxygens (including phenoxy) is 1. The second kappa shape index (κ2) is 7.00. The average molecular weight is 323 g/mol. The van der Waals surface area contributed by atoms with Gasteiger partial charge < -0.3 is 19.8 Å². The Morgan fingerprint density at radius 3 is 2.68 bits per heavy atom. The van der Waals surface area contributed by atoms with E-state index in [1.165, 1.54) is 19.4 Å². The number of hydrogen-bond donors (Lipinski definition) is 2. The summed E-state index contributed by atoms with van der Waals surface area (Å²) < 4.78 is 9.99. The standard InChI is InChI=1S/C15H15ClN2O4/c1-9(17-15(20)13-4-3-7-22-13)14(19)18-10-5-6-12(21-2)11(16)8-10/h3-9H,1-2H3,(H,17,20)(H,18,19). The van der Waals surface area contributed by atoms with E-state index in [2.05, 4.69) is 10.6 Å². The number of anilines is 1. The van der Waals surface area contributed by atoms with Gasteiger partial charge in [-0.1, -0.05) is 11.6 Å². The minimum Gasteiger partial charge on any atom is -0.495 e. The Bertz CT molecular complexity index is 670. The molecule has 1 aromatic heterocycles. The average Bonchev–Trinajstić information content (AvgIpc) is 3.01. The molecular weight excluding hydrogens is 308 g/mol. The highest BCUT2D eigenvalue weighted by Gasteiger charge is 2.18. The van der Waals surface area contributed by atoms with E-state index in [4.69, 9.17) is 20.8 Å². The number of rotatable bonds is 5. The highest BCUT2D eigenvalue weighted by Crippen LogP contribution is 2.27. The first-order valence-electron chi connectivity index (χ1n) is 6.50. The molecule has 1 atom stereocenters. The number of methoxy groups -OCH3 is 1. The Morgan fingerprint density at radius 2 is 2.09 bits per heavy atom. The summed E-state index contributed by atoms with van der Waals surface area (Å²) in [7, 11) is 1.51. The molecule has 0 saturated heterocycles. The normalized spacial score (nSPS) is 11.6. The maximum absolute atomic E-state index is 12.1. The van der Waals surface area contributed by atoms with Crippen LogP contribution in [0.5, 0.6) is 5.75 Å². The molecule has 22 heavy (non-hydrogen) atoms. The molecule has 0 aliphatic heterocycles. The van der Waals surface area contributed by atoms with E-state index in [0.717, 1.165) is 0 Å². The minimum absolute atomic E-state index is 0.146. The van der Waals surface area contributed by atoms with Gasteiger partial charge in [-0.2, -0.15) is 0 Å². The van der Waals surface area contributed by atoms with Crippen molar-refractivity contribution in [3.05, 3.63) is 47.4 Å². The summed E-state index contributed by atoms with van der Waals surface area (Å²) in [5.74, 6) is -0.174. The molecule has 0 bridgehead atoms. The monoisotopic (exact) mass is 322 g/mol. The van der Waals surface area contributed by atoms with Crippen LogP contribution in [0, 0.1) is 0 Å². The van der Waals surface area contributed by atoms with Gasteiger partial charge in [0, 0.05) is 5.69 Å². The molecule has 2 rings (SSSR count). The summed E-state index contributed by atoms with van der Waals surface area (Å²) in [6, 6.07) is 7.24. The fourth-order valence-electron chi connectivity index (χ4n) is 1.74. The van der Waals surface area contributed by atoms with Crippen LogP contribution in [0.25, 0.3) is 0 Å². The Balaban J connectivity index is 1.96. The molecule has 0 saturated carbocycles. The Morgan fingerprint density at radius 1 is 1.32 bits per heavy atom. The van der Waals surface area contributed by atoms with Crippen molar-refractivity contribution in [1.29, 1.82) is 0 Å². The van der Waals surface area contributed by atoms with Crippen LogP contribution in [-0.2, 0) is 4.79 Å². The van der Waals surface area contributed by atoms with E-state index in [-0.39, 0.29) is 11.7 Å². The molecule has 7 heteroatoms. The molecule has 1 aromatic carbocycles. The molecule has 0 radical (unpaired) electrons. The lowest BCUT2D eigenvalue weighted by atomic mass is 10.2. The maximum atomic E-state index is 12.1. The molecule has 1 unspecified atom stereocenters. The summed E-state index contributed by atoms with van der Waals surface area (Å²) in [6.45, 7) is 1.57. The highest BCUT2D eigenvalue weighted by atomic mass is 35.5. The van der Waals surface area contributed by atoms with Crippen LogP contribution in [0.2, 0.25) is 5.02 Å². The zero-order valence-electron chi connectivity index (χ0n) is 12.1. The van der Waals surface area contributed by atoms with Gasteiger partial charge in [-0.15, -0.1) is 0 Å². The first-order valence-corrected chi connectivity index (χ1v) is 6.88. The first kappa shape index (κ1) is 15.9. The topological polar surface area (TPSA) is 80.6 Å². The van der Waals surface area contributed by atoms with E-state index in [1.807, 2.05) is 0 Å². The molecule has 116 valence electrons. The van der Waals surface area contributed by atoms with Crippen molar-refractivity contribution < 1.29 is 18.7 Å². The number of furan rings is 1. The molecule has 0 fully saturated rings. The molecule has 2 aromatic rings. The third-order valence-corrected chi connectivity index (χ3v) is 3.20. The number of halogens is 1. The third kappa shape index (κ3) is 3.79. The van der Waals surface area contributed by atoms with Crippen molar-refractivity contribution in [2.75, 3.05) is 12.4 Å². The second-order valence-corrected chi connectivity index (χ2v) is 4.92. The molecule has 6 nitrogen and oxygen atoms in total. The van der Waals surface area contributed by atoms with Gasteiger partial charge in [-0.05, 0) is 37.3 Å². The minimum atomic E-state index is -0.738. The van der Waals surface area contributed by atoms with Crippen LogP contribution in [-0.4, -0.2) is 25.0 Å². The zero-order chi connectivity index (χ0) is 16.1.